The van der Waals surface area contributed by atoms with E-state index in [1.807, 2.05) is 53.8 Å². The van der Waals surface area contributed by atoms with Crippen LogP contribution in [-0.4, -0.2) is 30.8 Å². The molecule has 5 aromatic rings. The first kappa shape index (κ1) is 23.9. The fraction of sp³-hybridized carbons (Fsp3) is 0.286. The van der Waals surface area contributed by atoms with Crippen molar-refractivity contribution in [1.29, 1.82) is 0 Å². The molecule has 3 heterocycles. The number of nitrogens with zero attached hydrogens (tertiary/aromatic N) is 4. The van der Waals surface area contributed by atoms with E-state index in [1.165, 1.54) is 27.8 Å². The average molecular weight is 530 g/mol. The van der Waals surface area contributed by atoms with Crippen LogP contribution < -0.4 is 10.9 Å². The van der Waals surface area contributed by atoms with Crippen molar-refractivity contribution in [2.75, 3.05) is 11.1 Å². The molecular formula is C28H27N5O2S2. The van der Waals surface area contributed by atoms with Gasteiger partial charge in [-0.25, -0.2) is 4.40 Å². The summed E-state index contributed by atoms with van der Waals surface area (Å²) in [4.78, 5) is 28.8. The fourth-order valence-corrected chi connectivity index (χ4v) is 7.15. The van der Waals surface area contributed by atoms with Crippen molar-refractivity contribution in [3.63, 3.8) is 0 Å². The van der Waals surface area contributed by atoms with Gasteiger partial charge in [0.15, 0.2) is 5.16 Å². The third-order valence-corrected chi connectivity index (χ3v) is 9.10. The molecule has 188 valence electrons. The molecule has 1 amide bonds. The van der Waals surface area contributed by atoms with Gasteiger partial charge in [0.05, 0.1) is 11.1 Å². The number of hydrogen-bond donors (Lipinski definition) is 1. The first-order valence-corrected chi connectivity index (χ1v) is 14.3. The zero-order chi connectivity index (χ0) is 25.4. The summed E-state index contributed by atoms with van der Waals surface area (Å²) >= 11 is 3.03. The number of carbonyl (C=O) groups is 1. The number of thioether (sulfide) groups is 1. The first-order chi connectivity index (χ1) is 18.1. The van der Waals surface area contributed by atoms with E-state index in [2.05, 4.69) is 27.6 Å². The molecule has 7 nitrogen and oxygen atoms in total. The van der Waals surface area contributed by atoms with Crippen LogP contribution in [0, 0.1) is 6.92 Å². The van der Waals surface area contributed by atoms with Gasteiger partial charge in [-0.2, -0.15) is 0 Å². The standard InChI is InChI=1S/C28H27N5O2S2/c1-18-9-5-7-13-21(18)29-23(34)17-36-28-31-30-27-32(16-15-19-10-3-2-4-11-19)25(35)24-20-12-6-8-14-22(20)37-26(24)33(27)28/h2-5,7,9-11,13H,6,8,12,14-17H2,1H3,(H,29,34). The van der Waals surface area contributed by atoms with E-state index in [9.17, 15) is 9.59 Å². The van der Waals surface area contributed by atoms with E-state index < -0.39 is 0 Å². The van der Waals surface area contributed by atoms with E-state index >= 15 is 0 Å². The maximum absolute atomic E-state index is 13.8. The van der Waals surface area contributed by atoms with E-state index in [-0.39, 0.29) is 17.2 Å². The predicted molar refractivity (Wildman–Crippen MR) is 150 cm³/mol. The molecule has 0 unspecified atom stereocenters. The third-order valence-electron chi connectivity index (χ3n) is 6.89. The molecule has 0 atom stereocenters. The Balaban J connectivity index is 1.38. The highest BCUT2D eigenvalue weighted by Crippen LogP contribution is 2.36. The van der Waals surface area contributed by atoms with E-state index in [1.54, 1.807) is 15.9 Å². The predicted octanol–water partition coefficient (Wildman–Crippen LogP) is 5.27. The van der Waals surface area contributed by atoms with Gasteiger partial charge in [-0.05, 0) is 61.8 Å². The van der Waals surface area contributed by atoms with Crippen molar-refractivity contribution in [2.45, 2.75) is 50.7 Å². The molecule has 0 radical (unpaired) electrons. The number of aromatic nitrogens is 4. The molecule has 0 spiro atoms. The van der Waals surface area contributed by atoms with Crippen molar-refractivity contribution in [1.82, 2.24) is 19.2 Å². The summed E-state index contributed by atoms with van der Waals surface area (Å²) in [5.41, 5.74) is 4.19. The third kappa shape index (κ3) is 4.57. The number of fused-ring (bicyclic) bond motifs is 5. The van der Waals surface area contributed by atoms with Crippen LogP contribution in [0.15, 0.2) is 64.5 Å². The SMILES string of the molecule is Cc1ccccc1NC(=O)CSc1nnc2n(CCc3ccccc3)c(=O)c3c4c(sc3n12)CCCC4. The van der Waals surface area contributed by atoms with Crippen LogP contribution in [0.4, 0.5) is 5.69 Å². The topological polar surface area (TPSA) is 81.3 Å². The molecule has 0 bridgehead atoms. The zero-order valence-corrected chi connectivity index (χ0v) is 22.2. The van der Waals surface area contributed by atoms with Gasteiger partial charge >= 0.3 is 0 Å². The number of amides is 1. The Hall–Kier alpha value is -3.43. The van der Waals surface area contributed by atoms with Crippen LogP contribution in [0.2, 0.25) is 0 Å². The number of hydrogen-bond acceptors (Lipinski definition) is 6. The maximum Gasteiger partial charge on any atom is 0.263 e. The number of thiophene rings is 1. The molecule has 0 aliphatic heterocycles. The number of para-hydroxylation sites is 1. The van der Waals surface area contributed by atoms with Gasteiger partial charge in [-0.3, -0.25) is 14.2 Å². The second kappa shape index (κ2) is 10.1. The minimum absolute atomic E-state index is 0.0130. The quantitative estimate of drug-likeness (QED) is 0.291. The second-order valence-corrected chi connectivity index (χ2v) is 11.4. The summed E-state index contributed by atoms with van der Waals surface area (Å²) in [6.45, 7) is 2.49. The molecule has 2 aromatic carbocycles. The highest BCUT2D eigenvalue weighted by Gasteiger charge is 2.25. The van der Waals surface area contributed by atoms with E-state index in [0.717, 1.165) is 53.6 Å². The second-order valence-electron chi connectivity index (χ2n) is 9.35. The summed E-state index contributed by atoms with van der Waals surface area (Å²) in [6, 6.07) is 17.9. The summed E-state index contributed by atoms with van der Waals surface area (Å²) < 4.78 is 3.76. The lowest BCUT2D eigenvalue weighted by atomic mass is 9.97. The summed E-state index contributed by atoms with van der Waals surface area (Å²) in [6.07, 6.45) is 4.90. The van der Waals surface area contributed by atoms with Crippen LogP contribution in [0.5, 0.6) is 0 Å². The maximum atomic E-state index is 13.8. The number of anilines is 1. The molecule has 0 saturated carbocycles. The molecule has 9 heteroatoms. The fourth-order valence-electron chi connectivity index (χ4n) is 4.98. The lowest BCUT2D eigenvalue weighted by Crippen LogP contribution is -2.24. The Kier molecular flexibility index (Phi) is 6.56. The van der Waals surface area contributed by atoms with Crippen molar-refractivity contribution in [2.24, 2.45) is 0 Å². The Bertz CT molecular complexity index is 1670. The highest BCUT2D eigenvalue weighted by atomic mass is 32.2. The molecule has 0 saturated heterocycles. The van der Waals surface area contributed by atoms with E-state index in [4.69, 9.17) is 0 Å². The first-order valence-electron chi connectivity index (χ1n) is 12.5. The molecule has 0 fully saturated rings. The number of benzene rings is 2. The van der Waals surface area contributed by atoms with Crippen LogP contribution in [0.1, 0.15) is 34.4 Å². The van der Waals surface area contributed by atoms with Crippen LogP contribution in [0.3, 0.4) is 0 Å². The van der Waals surface area contributed by atoms with Crippen LogP contribution >= 0.6 is 23.1 Å². The minimum Gasteiger partial charge on any atom is -0.325 e. The molecule has 3 aromatic heterocycles. The van der Waals surface area contributed by atoms with Gasteiger partial charge in [0.2, 0.25) is 11.7 Å². The van der Waals surface area contributed by atoms with Gasteiger partial charge in [-0.1, -0.05) is 60.3 Å². The van der Waals surface area contributed by atoms with Gasteiger partial charge < -0.3 is 5.32 Å². The Morgan fingerprint density at radius 1 is 1.05 bits per heavy atom. The largest absolute Gasteiger partial charge is 0.325 e. The van der Waals surface area contributed by atoms with Crippen molar-refractivity contribution in [3.8, 4) is 0 Å². The molecule has 1 aliphatic carbocycles. The van der Waals surface area contributed by atoms with Crippen LogP contribution in [0.25, 0.3) is 16.0 Å². The average Bonchev–Trinajstić information content (AvgIpc) is 3.51. The Morgan fingerprint density at radius 3 is 2.68 bits per heavy atom. The lowest BCUT2D eigenvalue weighted by Gasteiger charge is -2.12. The van der Waals surface area contributed by atoms with Crippen molar-refractivity contribution < 1.29 is 4.79 Å². The summed E-state index contributed by atoms with van der Waals surface area (Å²) in [7, 11) is 0. The minimum atomic E-state index is -0.102. The smallest absolute Gasteiger partial charge is 0.263 e. The van der Waals surface area contributed by atoms with Crippen LogP contribution in [-0.2, 0) is 30.6 Å². The molecule has 1 N–H and O–H groups in total. The number of aryl methyl sites for hydroxylation is 5. The number of carbonyl (C=O) groups excluding carboxylic acids is 1. The number of nitrogens with one attached hydrogen (secondary N) is 1. The lowest BCUT2D eigenvalue weighted by molar-refractivity contribution is -0.113. The van der Waals surface area contributed by atoms with E-state index in [0.29, 0.717) is 17.5 Å². The van der Waals surface area contributed by atoms with Crippen molar-refractivity contribution in [3.05, 3.63) is 86.5 Å². The van der Waals surface area contributed by atoms with Gasteiger partial charge in [0.1, 0.15) is 4.83 Å². The molecule has 37 heavy (non-hydrogen) atoms. The summed E-state index contributed by atoms with van der Waals surface area (Å²) in [5.74, 6) is 0.634. The number of rotatable bonds is 7. The van der Waals surface area contributed by atoms with Crippen molar-refractivity contribution >= 4 is 50.7 Å². The Labute approximate surface area is 222 Å². The van der Waals surface area contributed by atoms with Gasteiger partial charge in [-0.15, -0.1) is 21.5 Å². The molecule has 1 aliphatic rings. The molecule has 6 rings (SSSR count). The molecular weight excluding hydrogens is 502 g/mol. The zero-order valence-electron chi connectivity index (χ0n) is 20.6. The summed E-state index contributed by atoms with van der Waals surface area (Å²) in [5, 5.41) is 13.3. The van der Waals surface area contributed by atoms with Gasteiger partial charge in [0.25, 0.3) is 5.56 Å². The van der Waals surface area contributed by atoms with Gasteiger partial charge in [0, 0.05) is 17.1 Å². The highest BCUT2D eigenvalue weighted by molar-refractivity contribution is 7.99. The normalized spacial score (nSPS) is 13.2. The Morgan fingerprint density at radius 2 is 1.84 bits per heavy atom. The monoisotopic (exact) mass is 529 g/mol.